The molecule has 1 saturated heterocycles. The molecule has 0 radical (unpaired) electrons. The maximum Gasteiger partial charge on any atom is 0.254 e. The summed E-state index contributed by atoms with van der Waals surface area (Å²) in [6, 6.07) is 8.31. The second-order valence-corrected chi connectivity index (χ2v) is 5.92. The topological polar surface area (TPSA) is 45.5 Å². The Morgan fingerprint density at radius 1 is 1.26 bits per heavy atom. The van der Waals surface area contributed by atoms with Gasteiger partial charge in [0, 0.05) is 37.2 Å². The van der Waals surface area contributed by atoms with Gasteiger partial charge in [0.2, 0.25) is 0 Å². The molecule has 0 bridgehead atoms. The van der Waals surface area contributed by atoms with Gasteiger partial charge in [-0.05, 0) is 56.0 Å². The lowest BCUT2D eigenvalue weighted by Crippen LogP contribution is -2.44. The summed E-state index contributed by atoms with van der Waals surface area (Å²) in [7, 11) is 0. The first-order chi connectivity index (χ1) is 11.2. The molecule has 0 saturated carbocycles. The fourth-order valence-corrected chi connectivity index (χ4v) is 3.23. The highest BCUT2D eigenvalue weighted by molar-refractivity contribution is 5.94. The van der Waals surface area contributed by atoms with Gasteiger partial charge in [-0.3, -0.25) is 4.79 Å². The maximum atomic E-state index is 14.4. The molecule has 0 spiro atoms. The maximum absolute atomic E-state index is 14.4. The molecule has 122 valence electrons. The summed E-state index contributed by atoms with van der Waals surface area (Å²) in [5, 5.41) is 9.17. The summed E-state index contributed by atoms with van der Waals surface area (Å²) in [6.45, 7) is 0.736. The highest BCUT2D eigenvalue weighted by atomic mass is 19.1. The predicted octanol–water partition coefficient (Wildman–Crippen LogP) is 2.99. The first-order valence-corrected chi connectivity index (χ1v) is 8.05. The molecule has 2 aromatic rings. The minimum atomic E-state index is -0.414. The molecule has 1 unspecified atom stereocenters. The van der Waals surface area contributed by atoms with Gasteiger partial charge in [0.25, 0.3) is 5.91 Å². The summed E-state index contributed by atoms with van der Waals surface area (Å²) in [6.07, 6.45) is 7.03. The largest absolute Gasteiger partial charge is 0.396 e. The summed E-state index contributed by atoms with van der Waals surface area (Å²) in [4.78, 5) is 14.5. The number of nitrogens with zero attached hydrogens (tertiary/aromatic N) is 2. The van der Waals surface area contributed by atoms with Crippen LogP contribution in [0.4, 0.5) is 4.39 Å². The molecule has 1 atom stereocenters. The smallest absolute Gasteiger partial charge is 0.254 e. The number of amides is 1. The van der Waals surface area contributed by atoms with Crippen LogP contribution in [-0.4, -0.2) is 39.7 Å². The number of carbonyl (C=O) groups excluding carboxylic acids is 1. The average Bonchev–Trinajstić information content (AvgIpc) is 3.09. The van der Waals surface area contributed by atoms with Crippen LogP contribution in [-0.2, 0) is 0 Å². The number of aliphatic hydroxyl groups is 1. The van der Waals surface area contributed by atoms with Gasteiger partial charge in [-0.15, -0.1) is 0 Å². The van der Waals surface area contributed by atoms with Crippen LogP contribution in [0.1, 0.15) is 36.0 Å². The number of halogens is 1. The highest BCUT2D eigenvalue weighted by Gasteiger charge is 2.27. The van der Waals surface area contributed by atoms with Crippen LogP contribution in [0.15, 0.2) is 42.7 Å². The van der Waals surface area contributed by atoms with E-state index in [1.165, 1.54) is 6.07 Å². The summed E-state index contributed by atoms with van der Waals surface area (Å²) in [5.41, 5.74) is 0.792. The third-order valence-corrected chi connectivity index (χ3v) is 4.43. The van der Waals surface area contributed by atoms with E-state index in [0.29, 0.717) is 24.2 Å². The number of carbonyl (C=O) groups is 1. The fourth-order valence-electron chi connectivity index (χ4n) is 3.23. The van der Waals surface area contributed by atoms with E-state index < -0.39 is 5.82 Å². The van der Waals surface area contributed by atoms with Crippen molar-refractivity contribution in [2.45, 2.75) is 31.7 Å². The molecular weight excluding hydrogens is 295 g/mol. The molecule has 23 heavy (non-hydrogen) atoms. The van der Waals surface area contributed by atoms with Crippen molar-refractivity contribution in [2.75, 3.05) is 13.2 Å². The molecule has 3 rings (SSSR count). The number of hydrogen-bond acceptors (Lipinski definition) is 2. The minimum absolute atomic E-state index is 0.0495. The van der Waals surface area contributed by atoms with E-state index in [2.05, 4.69) is 0 Å². The van der Waals surface area contributed by atoms with Crippen LogP contribution in [0.2, 0.25) is 0 Å². The van der Waals surface area contributed by atoms with Crippen LogP contribution < -0.4 is 0 Å². The Kier molecular flexibility index (Phi) is 4.76. The lowest BCUT2D eigenvalue weighted by Gasteiger charge is -2.35. The molecule has 5 heteroatoms. The SMILES string of the molecule is O=C(c1ccc(-n2cccc2)c(F)c1)N1CCCCC1CCO. The second kappa shape index (κ2) is 6.96. The molecule has 1 fully saturated rings. The van der Waals surface area contributed by atoms with Gasteiger partial charge in [-0.1, -0.05) is 0 Å². The van der Waals surface area contributed by atoms with Crippen LogP contribution in [0.3, 0.4) is 0 Å². The van der Waals surface area contributed by atoms with Gasteiger partial charge in [-0.25, -0.2) is 4.39 Å². The van der Waals surface area contributed by atoms with Crippen molar-refractivity contribution in [1.29, 1.82) is 0 Å². The van der Waals surface area contributed by atoms with Crippen molar-refractivity contribution in [3.8, 4) is 5.69 Å². The van der Waals surface area contributed by atoms with E-state index in [9.17, 15) is 14.3 Å². The van der Waals surface area contributed by atoms with E-state index in [4.69, 9.17) is 0 Å². The van der Waals surface area contributed by atoms with Gasteiger partial charge < -0.3 is 14.6 Å². The molecule has 0 aliphatic carbocycles. The average molecular weight is 316 g/mol. The van der Waals surface area contributed by atoms with E-state index in [-0.39, 0.29) is 18.6 Å². The molecule has 1 amide bonds. The Balaban J connectivity index is 1.83. The number of hydrogen-bond donors (Lipinski definition) is 1. The lowest BCUT2D eigenvalue weighted by atomic mass is 9.98. The van der Waals surface area contributed by atoms with E-state index in [1.807, 2.05) is 12.1 Å². The molecule has 1 aliphatic rings. The zero-order chi connectivity index (χ0) is 16.2. The summed E-state index contributed by atoms with van der Waals surface area (Å²) >= 11 is 0. The Morgan fingerprint density at radius 3 is 2.74 bits per heavy atom. The number of likely N-dealkylation sites (tertiary alicyclic amines) is 1. The van der Waals surface area contributed by atoms with Crippen LogP contribution in [0.25, 0.3) is 5.69 Å². The third kappa shape index (κ3) is 3.29. The molecule has 4 nitrogen and oxygen atoms in total. The highest BCUT2D eigenvalue weighted by Crippen LogP contribution is 2.23. The van der Waals surface area contributed by atoms with E-state index in [1.54, 1.807) is 34.0 Å². The Bertz CT molecular complexity index is 668. The van der Waals surface area contributed by atoms with Gasteiger partial charge in [-0.2, -0.15) is 0 Å². The van der Waals surface area contributed by atoms with Crippen molar-refractivity contribution < 1.29 is 14.3 Å². The first-order valence-electron chi connectivity index (χ1n) is 8.05. The predicted molar refractivity (Wildman–Crippen MR) is 86.1 cm³/mol. The van der Waals surface area contributed by atoms with E-state index in [0.717, 1.165) is 19.3 Å². The third-order valence-electron chi connectivity index (χ3n) is 4.43. The van der Waals surface area contributed by atoms with Crippen LogP contribution in [0.5, 0.6) is 0 Å². The van der Waals surface area contributed by atoms with E-state index >= 15 is 0 Å². The molecule has 2 heterocycles. The monoisotopic (exact) mass is 316 g/mol. The summed E-state index contributed by atoms with van der Waals surface area (Å²) < 4.78 is 16.0. The first kappa shape index (κ1) is 15.7. The number of rotatable bonds is 4. The van der Waals surface area contributed by atoms with Crippen molar-refractivity contribution in [3.05, 3.63) is 54.1 Å². The molecular formula is C18H21FN2O2. The lowest BCUT2D eigenvalue weighted by molar-refractivity contribution is 0.0574. The molecule has 1 aliphatic heterocycles. The Morgan fingerprint density at radius 2 is 2.04 bits per heavy atom. The zero-order valence-corrected chi connectivity index (χ0v) is 13.0. The fraction of sp³-hybridized carbons (Fsp3) is 0.389. The van der Waals surface area contributed by atoms with Crippen molar-refractivity contribution in [2.24, 2.45) is 0 Å². The van der Waals surface area contributed by atoms with Gasteiger partial charge >= 0.3 is 0 Å². The number of aliphatic hydroxyl groups excluding tert-OH is 1. The Labute approximate surface area is 135 Å². The van der Waals surface area contributed by atoms with Crippen LogP contribution in [0, 0.1) is 5.82 Å². The number of aromatic nitrogens is 1. The van der Waals surface area contributed by atoms with Gasteiger partial charge in [0.05, 0.1) is 5.69 Å². The van der Waals surface area contributed by atoms with Crippen molar-refractivity contribution >= 4 is 5.91 Å². The second-order valence-electron chi connectivity index (χ2n) is 5.92. The summed E-state index contributed by atoms with van der Waals surface area (Å²) in [5.74, 6) is -0.566. The molecule has 1 aromatic heterocycles. The number of piperidine rings is 1. The van der Waals surface area contributed by atoms with Crippen LogP contribution >= 0.6 is 0 Å². The van der Waals surface area contributed by atoms with Crippen molar-refractivity contribution in [3.63, 3.8) is 0 Å². The molecule has 1 N–H and O–H groups in total. The van der Waals surface area contributed by atoms with Gasteiger partial charge in [0.1, 0.15) is 5.82 Å². The zero-order valence-electron chi connectivity index (χ0n) is 13.0. The Hall–Kier alpha value is -2.14. The van der Waals surface area contributed by atoms with Crippen molar-refractivity contribution in [1.82, 2.24) is 9.47 Å². The normalized spacial score (nSPS) is 18.2. The molecule has 1 aromatic carbocycles. The quantitative estimate of drug-likeness (QED) is 0.942. The van der Waals surface area contributed by atoms with Gasteiger partial charge in [0.15, 0.2) is 0 Å². The standard InChI is InChI=1S/C18H21FN2O2/c19-16-13-14(6-7-17(16)20-9-3-4-10-20)18(23)21-11-2-1-5-15(21)8-12-22/h3-4,6-7,9-10,13,15,22H,1-2,5,8,11-12H2. The number of benzene rings is 1. The minimum Gasteiger partial charge on any atom is -0.396 e.